The van der Waals surface area contributed by atoms with E-state index in [9.17, 15) is 0 Å². The second-order valence-corrected chi connectivity index (χ2v) is 22.4. The van der Waals surface area contributed by atoms with Gasteiger partial charge in [-0.05, 0) is 140 Å². The Kier molecular flexibility index (Phi) is 7.57. The van der Waals surface area contributed by atoms with Gasteiger partial charge in [0.15, 0.2) is 0 Å². The smallest absolute Gasteiger partial charge is 0.0541 e. The quantitative estimate of drug-likeness (QED) is 0.168. The molecule has 342 valence electrons. The van der Waals surface area contributed by atoms with Crippen LogP contribution in [-0.2, 0) is 16.2 Å². The van der Waals surface area contributed by atoms with Crippen molar-refractivity contribution in [1.82, 2.24) is 13.7 Å². The van der Waals surface area contributed by atoms with Crippen molar-refractivity contribution in [3.05, 3.63) is 234 Å². The molecule has 10 aromatic carbocycles. The van der Waals surface area contributed by atoms with Gasteiger partial charge in [-0.2, -0.15) is 0 Å². The van der Waals surface area contributed by atoms with Crippen LogP contribution in [0.5, 0.6) is 0 Å². The van der Waals surface area contributed by atoms with Crippen LogP contribution in [0.2, 0.25) is 0 Å². The van der Waals surface area contributed by atoms with Gasteiger partial charge >= 0.3 is 0 Å². The Balaban J connectivity index is 1.03. The van der Waals surface area contributed by atoms with E-state index in [1.54, 1.807) is 0 Å². The van der Waals surface area contributed by atoms with Crippen LogP contribution in [0.25, 0.3) is 116 Å². The van der Waals surface area contributed by atoms with Gasteiger partial charge in [-0.3, -0.25) is 0 Å². The number of para-hydroxylation sites is 6. The molecule has 72 heavy (non-hydrogen) atoms. The maximum absolute atomic E-state index is 2.55. The predicted molar refractivity (Wildman–Crippen MR) is 302 cm³/mol. The fourth-order valence-corrected chi connectivity index (χ4v) is 14.7. The normalized spacial score (nSPS) is 15.4. The van der Waals surface area contributed by atoms with Gasteiger partial charge in [-0.1, -0.05) is 169 Å². The third-order valence-corrected chi connectivity index (χ3v) is 17.7. The van der Waals surface area contributed by atoms with Crippen molar-refractivity contribution in [3.63, 3.8) is 0 Å². The largest absolute Gasteiger partial charge is 0.309 e. The van der Waals surface area contributed by atoms with Crippen LogP contribution in [0.15, 0.2) is 200 Å². The molecule has 0 spiro atoms. The molecule has 0 atom stereocenters. The van der Waals surface area contributed by atoms with Gasteiger partial charge in [-0.25, -0.2) is 0 Å². The highest BCUT2D eigenvalue weighted by atomic mass is 15.0. The molecule has 3 heterocycles. The first kappa shape index (κ1) is 40.3. The molecule has 0 N–H and O–H groups in total. The number of hydrogen-bond donors (Lipinski definition) is 0. The maximum atomic E-state index is 2.55. The Morgan fingerprint density at radius 2 is 0.458 bits per heavy atom. The van der Waals surface area contributed by atoms with Crippen molar-refractivity contribution in [3.8, 4) is 50.4 Å². The summed E-state index contributed by atoms with van der Waals surface area (Å²) in [6.07, 6.45) is 0. The first-order chi connectivity index (χ1) is 35.0. The van der Waals surface area contributed by atoms with E-state index >= 15 is 0 Å². The molecule has 3 aliphatic carbocycles. The molecule has 16 rings (SSSR count). The Labute approximate surface area is 418 Å². The van der Waals surface area contributed by atoms with Gasteiger partial charge in [0.1, 0.15) is 0 Å². The van der Waals surface area contributed by atoms with E-state index in [2.05, 4.69) is 255 Å². The Morgan fingerprint density at radius 1 is 0.250 bits per heavy atom. The molecule has 3 nitrogen and oxygen atoms in total. The lowest BCUT2D eigenvalue weighted by Gasteiger charge is -2.31. The van der Waals surface area contributed by atoms with Crippen LogP contribution in [0.4, 0.5) is 0 Å². The summed E-state index contributed by atoms with van der Waals surface area (Å²) in [6, 6.07) is 75.7. The third-order valence-electron chi connectivity index (χ3n) is 17.7. The molecule has 0 unspecified atom stereocenters. The summed E-state index contributed by atoms with van der Waals surface area (Å²) < 4.78 is 7.49. The summed E-state index contributed by atoms with van der Waals surface area (Å²) in [7, 11) is 0. The van der Waals surface area contributed by atoms with E-state index in [1.807, 2.05) is 0 Å². The van der Waals surface area contributed by atoms with Crippen molar-refractivity contribution in [2.45, 2.75) is 57.8 Å². The number of rotatable bonds is 3. The van der Waals surface area contributed by atoms with Crippen LogP contribution in [0.1, 0.15) is 74.9 Å². The highest BCUT2D eigenvalue weighted by Gasteiger charge is 2.52. The number of benzene rings is 10. The van der Waals surface area contributed by atoms with Gasteiger partial charge in [0, 0.05) is 65.6 Å². The number of nitrogens with zero attached hydrogens (tertiary/aromatic N) is 3. The van der Waals surface area contributed by atoms with Crippen molar-refractivity contribution in [1.29, 1.82) is 0 Å². The summed E-state index contributed by atoms with van der Waals surface area (Å²) in [4.78, 5) is 0. The van der Waals surface area contributed by atoms with Gasteiger partial charge in [-0.15, -0.1) is 0 Å². The SMILES string of the molecule is CC1(C)c2ccc(-n3c4ccccc4c4ccccc43)cc2-c2c1c1c(c3c2C(C)(C)c2ccc(-n4c5ccccc5c5ccccc54)cc2-3)C(C)(C)c2ccc(-n3c4ccccc4c4ccccc43)cc2-1. The summed E-state index contributed by atoms with van der Waals surface area (Å²) in [6.45, 7) is 15.0. The van der Waals surface area contributed by atoms with E-state index in [0.717, 1.165) is 0 Å². The molecule has 3 aromatic heterocycles. The minimum Gasteiger partial charge on any atom is -0.309 e. The van der Waals surface area contributed by atoms with Gasteiger partial charge < -0.3 is 13.7 Å². The van der Waals surface area contributed by atoms with E-state index in [1.165, 1.54) is 149 Å². The lowest BCUT2D eigenvalue weighted by Crippen LogP contribution is -2.22. The minimum absolute atomic E-state index is 0.303. The molecule has 0 saturated carbocycles. The second-order valence-electron chi connectivity index (χ2n) is 22.4. The van der Waals surface area contributed by atoms with E-state index in [0.29, 0.717) is 0 Å². The molecule has 13 aromatic rings. The molecule has 0 bridgehead atoms. The zero-order chi connectivity index (χ0) is 48.2. The highest BCUT2D eigenvalue weighted by molar-refractivity contribution is 6.13. The number of aromatic nitrogens is 3. The number of fused-ring (bicyclic) bond motifs is 21. The van der Waals surface area contributed by atoms with E-state index in [4.69, 9.17) is 0 Å². The Bertz CT molecular complexity index is 3950. The molecule has 0 aliphatic heterocycles. The molecule has 0 amide bonds. The lowest BCUT2D eigenvalue weighted by molar-refractivity contribution is 0.635. The van der Waals surface area contributed by atoms with Crippen molar-refractivity contribution in [2.24, 2.45) is 0 Å². The van der Waals surface area contributed by atoms with Crippen LogP contribution in [0.3, 0.4) is 0 Å². The molecular formula is C69H51N3. The summed E-state index contributed by atoms with van der Waals surface area (Å²) in [5.41, 5.74) is 26.9. The fraction of sp³-hybridized carbons (Fsp3) is 0.130. The topological polar surface area (TPSA) is 14.8 Å². The predicted octanol–water partition coefficient (Wildman–Crippen LogP) is 17.9. The zero-order valence-electron chi connectivity index (χ0n) is 41.4. The van der Waals surface area contributed by atoms with Crippen LogP contribution < -0.4 is 0 Å². The molecule has 3 heteroatoms. The maximum Gasteiger partial charge on any atom is 0.0541 e. The molecule has 3 aliphatic rings. The molecule has 0 radical (unpaired) electrons. The van der Waals surface area contributed by atoms with Crippen LogP contribution in [0, 0.1) is 0 Å². The zero-order valence-corrected chi connectivity index (χ0v) is 41.4. The number of hydrogen-bond acceptors (Lipinski definition) is 0. The molecular weight excluding hydrogens is 871 g/mol. The van der Waals surface area contributed by atoms with Crippen molar-refractivity contribution in [2.75, 3.05) is 0 Å². The third kappa shape index (κ3) is 4.82. The summed E-state index contributed by atoms with van der Waals surface area (Å²) in [5, 5.41) is 7.68. The highest BCUT2D eigenvalue weighted by Crippen LogP contribution is 2.68. The Morgan fingerprint density at radius 3 is 0.681 bits per heavy atom. The monoisotopic (exact) mass is 921 g/mol. The molecule has 0 fully saturated rings. The van der Waals surface area contributed by atoms with Crippen LogP contribution >= 0.6 is 0 Å². The standard InChI is InChI=1S/C69H51N3/c1-67(2)52-34-31-40(70-55-25-13-7-19-43(55)44-20-8-14-26-56(44)70)37-49(52)61-64(67)62-50-38-41(71-57-27-15-9-21-45(57)46-22-10-16-28-58(46)71)32-35-53(50)68(3,4)66(62)63-51-39-42(33-36-54(51)69(5,6)65(61)63)72-59-29-17-11-23-47(59)48-24-12-18-30-60(48)72/h7-39H,1-6H3. The minimum atomic E-state index is -0.303. The van der Waals surface area contributed by atoms with E-state index < -0.39 is 0 Å². The van der Waals surface area contributed by atoms with Crippen LogP contribution in [-0.4, -0.2) is 13.7 Å². The molecule has 0 saturated heterocycles. The fourth-order valence-electron chi connectivity index (χ4n) is 14.7. The second kappa shape index (κ2) is 13.5. The first-order valence-electron chi connectivity index (χ1n) is 25.7. The van der Waals surface area contributed by atoms with Gasteiger partial charge in [0.2, 0.25) is 0 Å². The summed E-state index contributed by atoms with van der Waals surface area (Å²) in [5.74, 6) is 0. The van der Waals surface area contributed by atoms with Gasteiger partial charge in [0.25, 0.3) is 0 Å². The Hall–Kier alpha value is -8.40. The van der Waals surface area contributed by atoms with Crippen molar-refractivity contribution < 1.29 is 0 Å². The van der Waals surface area contributed by atoms with Crippen molar-refractivity contribution >= 4 is 65.4 Å². The van der Waals surface area contributed by atoms with Gasteiger partial charge in [0.05, 0.1) is 33.1 Å². The first-order valence-corrected chi connectivity index (χ1v) is 25.7. The lowest BCUT2D eigenvalue weighted by atomic mass is 9.71. The van der Waals surface area contributed by atoms with E-state index in [-0.39, 0.29) is 16.2 Å². The average Bonchev–Trinajstić information content (AvgIpc) is 4.19. The summed E-state index contributed by atoms with van der Waals surface area (Å²) >= 11 is 0. The average molecular weight is 922 g/mol.